The second-order valence-electron chi connectivity index (χ2n) is 7.63. The van der Waals surface area contributed by atoms with Crippen molar-refractivity contribution < 1.29 is 22.1 Å². The summed E-state index contributed by atoms with van der Waals surface area (Å²) in [6, 6.07) is 16.7. The van der Waals surface area contributed by atoms with Gasteiger partial charge in [-0.05, 0) is 48.2 Å². The Bertz CT molecular complexity index is 1040. The molecule has 0 radical (unpaired) electrons. The van der Waals surface area contributed by atoms with E-state index in [1.807, 2.05) is 30.3 Å². The van der Waals surface area contributed by atoms with Crippen LogP contribution in [0.4, 0.5) is 0 Å². The smallest absolute Gasteiger partial charge is 0.306 e. The van der Waals surface area contributed by atoms with Crippen molar-refractivity contribution in [1.82, 2.24) is 5.32 Å². The number of carbonyl (C=O) groups excluding carboxylic acids is 1. The van der Waals surface area contributed by atoms with E-state index in [0.29, 0.717) is 19.6 Å². The molecule has 8 heteroatoms. The molecular formula is C23H26N2O5S. The van der Waals surface area contributed by atoms with Crippen molar-refractivity contribution in [1.29, 1.82) is 5.26 Å². The maximum Gasteiger partial charge on any atom is 0.306 e. The zero-order valence-corrected chi connectivity index (χ0v) is 18.2. The normalized spacial score (nSPS) is 17.9. The number of ether oxygens (including phenoxy) is 1. The molecule has 0 saturated carbocycles. The van der Waals surface area contributed by atoms with Gasteiger partial charge in [0, 0.05) is 19.6 Å². The number of rotatable bonds is 8. The standard InChI is InChI=1S/C23H26N2O5S/c1-31(27,28)30-21-5-2-4-20(14-21)19-8-6-17(7-9-19)12-18(15-24)13-22(26)23-16-25-10-3-11-29-23/h2,4-9,14,18,23,25H,3,10-13,16H2,1H3/t18?,23-/m0/s1. The Hall–Kier alpha value is -2.73. The number of nitriles is 1. The molecule has 7 nitrogen and oxygen atoms in total. The molecule has 1 N–H and O–H groups in total. The molecule has 31 heavy (non-hydrogen) atoms. The predicted octanol–water partition coefficient (Wildman–Crippen LogP) is 2.71. The van der Waals surface area contributed by atoms with Crippen LogP contribution < -0.4 is 9.50 Å². The Balaban J connectivity index is 1.63. The molecule has 1 unspecified atom stereocenters. The number of benzene rings is 2. The fraction of sp³-hybridized carbons (Fsp3) is 0.391. The minimum atomic E-state index is -3.59. The molecule has 1 saturated heterocycles. The van der Waals surface area contributed by atoms with Gasteiger partial charge in [0.2, 0.25) is 0 Å². The lowest BCUT2D eigenvalue weighted by molar-refractivity contribution is -0.130. The second-order valence-corrected chi connectivity index (χ2v) is 9.20. The van der Waals surface area contributed by atoms with E-state index in [1.165, 1.54) is 0 Å². The monoisotopic (exact) mass is 442 g/mol. The van der Waals surface area contributed by atoms with Gasteiger partial charge >= 0.3 is 10.1 Å². The Kier molecular flexibility index (Phi) is 7.80. The molecule has 164 valence electrons. The molecular weight excluding hydrogens is 416 g/mol. The highest BCUT2D eigenvalue weighted by Gasteiger charge is 2.24. The van der Waals surface area contributed by atoms with Gasteiger partial charge in [0.25, 0.3) is 0 Å². The third-order valence-corrected chi connectivity index (χ3v) is 5.48. The molecule has 2 aromatic carbocycles. The van der Waals surface area contributed by atoms with Gasteiger partial charge in [-0.3, -0.25) is 4.79 Å². The fourth-order valence-corrected chi connectivity index (χ4v) is 3.93. The van der Waals surface area contributed by atoms with Crippen LogP contribution in [0.3, 0.4) is 0 Å². The molecule has 0 spiro atoms. The van der Waals surface area contributed by atoms with Crippen LogP contribution in [0.25, 0.3) is 11.1 Å². The van der Waals surface area contributed by atoms with Crippen LogP contribution in [-0.2, 0) is 26.1 Å². The topological polar surface area (TPSA) is 105 Å². The summed E-state index contributed by atoms with van der Waals surface area (Å²) in [5, 5.41) is 12.7. The molecule has 3 rings (SSSR count). The minimum absolute atomic E-state index is 0.0414. The molecule has 2 atom stereocenters. The molecule has 1 aliphatic rings. The van der Waals surface area contributed by atoms with E-state index in [-0.39, 0.29) is 18.0 Å². The zero-order chi connectivity index (χ0) is 22.3. The van der Waals surface area contributed by atoms with Crippen molar-refractivity contribution in [2.24, 2.45) is 5.92 Å². The Labute approximate surface area is 183 Å². The average molecular weight is 443 g/mol. The number of ketones is 1. The number of hydrogen-bond acceptors (Lipinski definition) is 7. The van der Waals surface area contributed by atoms with E-state index < -0.39 is 22.1 Å². The summed E-state index contributed by atoms with van der Waals surface area (Å²) in [5.74, 6) is -0.209. The molecule has 2 aromatic rings. The maximum absolute atomic E-state index is 12.5. The van der Waals surface area contributed by atoms with E-state index >= 15 is 0 Å². The largest absolute Gasteiger partial charge is 0.383 e. The lowest BCUT2D eigenvalue weighted by Gasteiger charge is -2.16. The van der Waals surface area contributed by atoms with Crippen LogP contribution in [-0.4, -0.2) is 46.3 Å². The SMILES string of the molecule is CS(=O)(=O)Oc1cccc(-c2ccc(CC(C#N)CC(=O)[C@@H]3CNCCCO3)cc2)c1. The van der Waals surface area contributed by atoms with Gasteiger partial charge < -0.3 is 14.2 Å². The Morgan fingerprint density at radius 2 is 2.03 bits per heavy atom. The van der Waals surface area contributed by atoms with Crippen LogP contribution in [0, 0.1) is 17.2 Å². The molecule has 0 bridgehead atoms. The van der Waals surface area contributed by atoms with E-state index in [1.54, 1.807) is 18.2 Å². The lowest BCUT2D eigenvalue weighted by atomic mass is 9.93. The first-order valence-electron chi connectivity index (χ1n) is 10.2. The molecule has 1 heterocycles. The van der Waals surface area contributed by atoms with E-state index in [4.69, 9.17) is 8.92 Å². The number of carbonyl (C=O) groups is 1. The third kappa shape index (κ3) is 7.17. The van der Waals surface area contributed by atoms with Crippen LogP contribution in [0.5, 0.6) is 5.75 Å². The van der Waals surface area contributed by atoms with Gasteiger partial charge in [-0.25, -0.2) is 0 Å². The van der Waals surface area contributed by atoms with E-state index in [9.17, 15) is 18.5 Å². The highest BCUT2D eigenvalue weighted by Crippen LogP contribution is 2.26. The average Bonchev–Trinajstić information content (AvgIpc) is 3.02. The highest BCUT2D eigenvalue weighted by atomic mass is 32.2. The van der Waals surface area contributed by atoms with Crippen molar-refractivity contribution in [3.05, 3.63) is 54.1 Å². The van der Waals surface area contributed by atoms with E-state index in [0.717, 1.165) is 35.9 Å². The lowest BCUT2D eigenvalue weighted by Crippen LogP contribution is -2.34. The van der Waals surface area contributed by atoms with Gasteiger partial charge in [0.05, 0.1) is 18.2 Å². The molecule has 0 aliphatic carbocycles. The van der Waals surface area contributed by atoms with Gasteiger partial charge in [-0.15, -0.1) is 0 Å². The molecule has 1 aliphatic heterocycles. The second kappa shape index (κ2) is 10.5. The van der Waals surface area contributed by atoms with Gasteiger partial charge in [-0.2, -0.15) is 13.7 Å². The van der Waals surface area contributed by atoms with Crippen LogP contribution in [0.2, 0.25) is 0 Å². The van der Waals surface area contributed by atoms with E-state index in [2.05, 4.69) is 11.4 Å². The number of hydrogen-bond donors (Lipinski definition) is 1. The third-order valence-electron chi connectivity index (χ3n) is 4.99. The van der Waals surface area contributed by atoms with Gasteiger partial charge in [-0.1, -0.05) is 36.4 Å². The van der Waals surface area contributed by atoms with Crippen molar-refractivity contribution in [2.45, 2.75) is 25.4 Å². The first-order valence-corrected chi connectivity index (χ1v) is 12.0. The summed E-state index contributed by atoms with van der Waals surface area (Å²) in [6.07, 6.45) is 2.03. The first-order chi connectivity index (χ1) is 14.8. The van der Waals surface area contributed by atoms with Gasteiger partial charge in [0.1, 0.15) is 11.9 Å². The van der Waals surface area contributed by atoms with Crippen molar-refractivity contribution in [3.63, 3.8) is 0 Å². The van der Waals surface area contributed by atoms with Gasteiger partial charge in [0.15, 0.2) is 5.78 Å². The number of Topliss-reactive ketones (excluding diaryl/α,β-unsaturated/α-hetero) is 1. The summed E-state index contributed by atoms with van der Waals surface area (Å²) in [7, 11) is -3.59. The summed E-state index contributed by atoms with van der Waals surface area (Å²) >= 11 is 0. The Morgan fingerprint density at radius 1 is 1.26 bits per heavy atom. The summed E-state index contributed by atoms with van der Waals surface area (Å²) in [6.45, 7) is 1.88. The quantitative estimate of drug-likeness (QED) is 0.627. The predicted molar refractivity (Wildman–Crippen MR) is 117 cm³/mol. The van der Waals surface area contributed by atoms with Crippen LogP contribution in [0.15, 0.2) is 48.5 Å². The fourth-order valence-electron chi connectivity index (χ4n) is 3.48. The number of nitrogens with zero attached hydrogens (tertiary/aromatic N) is 1. The summed E-state index contributed by atoms with van der Waals surface area (Å²) in [4.78, 5) is 12.5. The van der Waals surface area contributed by atoms with Crippen LogP contribution >= 0.6 is 0 Å². The van der Waals surface area contributed by atoms with Crippen molar-refractivity contribution >= 4 is 15.9 Å². The zero-order valence-electron chi connectivity index (χ0n) is 17.4. The number of nitrogens with one attached hydrogen (secondary N) is 1. The molecule has 1 fully saturated rings. The molecule has 0 aromatic heterocycles. The van der Waals surface area contributed by atoms with Crippen LogP contribution in [0.1, 0.15) is 18.4 Å². The summed E-state index contributed by atoms with van der Waals surface area (Å²) in [5.41, 5.74) is 2.66. The highest BCUT2D eigenvalue weighted by molar-refractivity contribution is 7.86. The Morgan fingerprint density at radius 3 is 2.74 bits per heavy atom. The maximum atomic E-state index is 12.5. The molecule has 0 amide bonds. The van der Waals surface area contributed by atoms with Crippen molar-refractivity contribution in [2.75, 3.05) is 26.0 Å². The summed E-state index contributed by atoms with van der Waals surface area (Å²) < 4.78 is 33.2. The minimum Gasteiger partial charge on any atom is -0.383 e. The first kappa shape index (κ1) is 22.9. The van der Waals surface area contributed by atoms with Crippen molar-refractivity contribution in [3.8, 4) is 22.9 Å².